The molecule has 4 rings (SSSR count). The summed E-state index contributed by atoms with van der Waals surface area (Å²) < 4.78 is 1.67. The lowest BCUT2D eigenvalue weighted by Crippen LogP contribution is -2.32. The van der Waals surface area contributed by atoms with Crippen LogP contribution in [0.4, 0.5) is 5.95 Å². The van der Waals surface area contributed by atoms with E-state index in [-0.39, 0.29) is 29.6 Å². The summed E-state index contributed by atoms with van der Waals surface area (Å²) in [5.74, 6) is -0.382. The minimum atomic E-state index is -0.171. The number of fused-ring (bicyclic) bond motifs is 1. The van der Waals surface area contributed by atoms with Crippen LogP contribution in [0.5, 0.6) is 0 Å². The molecule has 6 nitrogen and oxygen atoms in total. The molecule has 0 N–H and O–H groups in total. The van der Waals surface area contributed by atoms with E-state index in [0.29, 0.717) is 6.54 Å². The van der Waals surface area contributed by atoms with E-state index in [0.717, 1.165) is 31.2 Å². The molecule has 124 valence electrons. The maximum Gasteiger partial charge on any atom is 0.258 e. The average Bonchev–Trinajstić information content (AvgIpc) is 3.14. The van der Waals surface area contributed by atoms with Crippen LogP contribution < -0.4 is 4.90 Å². The highest BCUT2D eigenvalue weighted by molar-refractivity contribution is 6.21. The zero-order chi connectivity index (χ0) is 16.7. The number of nitrogens with zero attached hydrogens (tertiary/aromatic N) is 4. The second-order valence-electron chi connectivity index (χ2n) is 6.74. The van der Waals surface area contributed by atoms with Crippen molar-refractivity contribution in [2.75, 3.05) is 4.90 Å². The summed E-state index contributed by atoms with van der Waals surface area (Å²) >= 11 is 0. The van der Waals surface area contributed by atoms with Gasteiger partial charge in [0, 0.05) is 0 Å². The van der Waals surface area contributed by atoms with E-state index >= 15 is 0 Å². The van der Waals surface area contributed by atoms with Crippen LogP contribution in [0.25, 0.3) is 0 Å². The van der Waals surface area contributed by atoms with Gasteiger partial charge in [-0.2, -0.15) is 4.98 Å². The Balaban J connectivity index is 1.55. The molecular formula is C18H20N4O2. The second kappa shape index (κ2) is 5.85. The number of anilines is 1. The van der Waals surface area contributed by atoms with Gasteiger partial charge in [-0.05, 0) is 25.3 Å². The monoisotopic (exact) mass is 324 g/mol. The third kappa shape index (κ3) is 2.52. The third-order valence-corrected chi connectivity index (χ3v) is 5.03. The van der Waals surface area contributed by atoms with Crippen molar-refractivity contribution in [2.24, 2.45) is 11.8 Å². The van der Waals surface area contributed by atoms with Gasteiger partial charge in [0.2, 0.25) is 11.8 Å². The number of carbonyl (C=O) groups is 2. The smallest absolute Gasteiger partial charge is 0.258 e. The minimum absolute atomic E-state index is 0.127. The lowest BCUT2D eigenvalue weighted by Gasteiger charge is -2.19. The van der Waals surface area contributed by atoms with Crippen LogP contribution in [-0.2, 0) is 16.1 Å². The summed E-state index contributed by atoms with van der Waals surface area (Å²) in [6.07, 6.45) is 5.22. The van der Waals surface area contributed by atoms with E-state index in [9.17, 15) is 9.59 Å². The lowest BCUT2D eigenvalue weighted by molar-refractivity contribution is -0.122. The van der Waals surface area contributed by atoms with E-state index in [1.54, 1.807) is 11.0 Å². The molecule has 1 aromatic carbocycles. The van der Waals surface area contributed by atoms with E-state index in [2.05, 4.69) is 10.1 Å². The van der Waals surface area contributed by atoms with Crippen LogP contribution in [0.1, 0.15) is 36.8 Å². The number of hydrogen-bond acceptors (Lipinski definition) is 4. The molecule has 2 amide bonds. The third-order valence-electron chi connectivity index (χ3n) is 5.03. The fraction of sp³-hybridized carbons (Fsp3) is 0.444. The Bertz CT molecular complexity index is 757. The molecule has 2 aliphatic rings. The number of carbonyl (C=O) groups excluding carboxylic acids is 2. The van der Waals surface area contributed by atoms with Crippen LogP contribution in [0.3, 0.4) is 0 Å². The number of benzene rings is 1. The summed E-state index contributed by atoms with van der Waals surface area (Å²) in [5, 5.41) is 4.36. The molecule has 2 fully saturated rings. The molecule has 1 saturated carbocycles. The maximum atomic E-state index is 12.6. The zero-order valence-electron chi connectivity index (χ0n) is 13.7. The summed E-state index contributed by atoms with van der Waals surface area (Å²) in [7, 11) is 0. The predicted molar refractivity (Wildman–Crippen MR) is 88.2 cm³/mol. The first-order chi connectivity index (χ1) is 11.6. The van der Waals surface area contributed by atoms with Gasteiger partial charge in [0.1, 0.15) is 6.33 Å². The summed E-state index contributed by atoms with van der Waals surface area (Å²) in [5.41, 5.74) is 2.30. The van der Waals surface area contributed by atoms with Crippen LogP contribution in [0.15, 0.2) is 30.6 Å². The lowest BCUT2D eigenvalue weighted by atomic mass is 9.81. The molecule has 2 heterocycles. The molecular weight excluding hydrogens is 304 g/mol. The largest absolute Gasteiger partial charge is 0.274 e. The number of rotatable bonds is 3. The summed E-state index contributed by atoms with van der Waals surface area (Å²) in [6, 6.07) is 8.17. The van der Waals surface area contributed by atoms with Crippen molar-refractivity contribution in [3.63, 3.8) is 0 Å². The molecule has 0 radical (unpaired) electrons. The van der Waals surface area contributed by atoms with E-state index < -0.39 is 0 Å². The molecule has 2 atom stereocenters. The number of amides is 2. The van der Waals surface area contributed by atoms with Gasteiger partial charge in [0.15, 0.2) is 0 Å². The van der Waals surface area contributed by atoms with Gasteiger partial charge in [0.05, 0.1) is 18.4 Å². The predicted octanol–water partition coefficient (Wildman–Crippen LogP) is 2.31. The Hall–Kier alpha value is -2.50. The Morgan fingerprint density at radius 3 is 2.29 bits per heavy atom. The van der Waals surface area contributed by atoms with Crippen LogP contribution in [-0.4, -0.2) is 26.6 Å². The van der Waals surface area contributed by atoms with E-state index in [1.807, 2.05) is 31.2 Å². The first-order valence-corrected chi connectivity index (χ1v) is 8.46. The van der Waals surface area contributed by atoms with Crippen molar-refractivity contribution in [3.05, 3.63) is 41.7 Å². The van der Waals surface area contributed by atoms with Crippen molar-refractivity contribution in [3.8, 4) is 0 Å². The molecule has 24 heavy (non-hydrogen) atoms. The number of aryl methyl sites for hydroxylation is 1. The second-order valence-corrected chi connectivity index (χ2v) is 6.74. The fourth-order valence-corrected chi connectivity index (χ4v) is 3.70. The van der Waals surface area contributed by atoms with Gasteiger partial charge in [-0.3, -0.25) is 9.59 Å². The maximum absolute atomic E-state index is 12.6. The highest BCUT2D eigenvalue weighted by Crippen LogP contribution is 2.39. The molecule has 1 aromatic heterocycles. The molecule has 0 spiro atoms. The topological polar surface area (TPSA) is 68.1 Å². The zero-order valence-corrected chi connectivity index (χ0v) is 13.7. The van der Waals surface area contributed by atoms with Gasteiger partial charge in [-0.15, -0.1) is 5.10 Å². The van der Waals surface area contributed by atoms with Crippen LogP contribution in [0, 0.1) is 18.8 Å². The highest BCUT2D eigenvalue weighted by Gasteiger charge is 2.50. The first kappa shape index (κ1) is 15.1. The molecule has 1 saturated heterocycles. The fourth-order valence-electron chi connectivity index (χ4n) is 3.70. The van der Waals surface area contributed by atoms with Crippen LogP contribution >= 0.6 is 0 Å². The summed E-state index contributed by atoms with van der Waals surface area (Å²) in [4.78, 5) is 30.6. The first-order valence-electron chi connectivity index (χ1n) is 8.46. The minimum Gasteiger partial charge on any atom is -0.274 e. The highest BCUT2D eigenvalue weighted by atomic mass is 16.2. The van der Waals surface area contributed by atoms with Gasteiger partial charge in [0.25, 0.3) is 5.95 Å². The van der Waals surface area contributed by atoms with Crippen molar-refractivity contribution in [1.29, 1.82) is 0 Å². The van der Waals surface area contributed by atoms with Gasteiger partial charge in [-0.25, -0.2) is 9.58 Å². The van der Waals surface area contributed by atoms with Crippen molar-refractivity contribution in [1.82, 2.24) is 14.8 Å². The van der Waals surface area contributed by atoms with Crippen LogP contribution in [0.2, 0.25) is 0 Å². The standard InChI is InChI=1S/C18H20N4O2/c1-12-6-8-13(9-7-12)10-21-11-19-18(20-21)22-16(23)14-4-2-3-5-15(14)17(22)24/h6-9,11,14-15H,2-5,10H2,1H3/t14-,15+. The number of imide groups is 1. The Labute approximate surface area is 140 Å². The Kier molecular flexibility index (Phi) is 3.67. The van der Waals surface area contributed by atoms with Crippen molar-refractivity contribution >= 4 is 17.8 Å². The molecule has 1 aliphatic heterocycles. The molecule has 1 aliphatic carbocycles. The van der Waals surface area contributed by atoms with E-state index in [1.165, 1.54) is 10.5 Å². The molecule has 0 bridgehead atoms. The number of hydrogen-bond donors (Lipinski definition) is 0. The van der Waals surface area contributed by atoms with Gasteiger partial charge >= 0.3 is 0 Å². The summed E-state index contributed by atoms with van der Waals surface area (Å²) in [6.45, 7) is 2.61. The SMILES string of the molecule is Cc1ccc(Cn2cnc(N3C(=O)[C@H]4CCCC[C@H]4C3=O)n2)cc1. The quantitative estimate of drug-likeness (QED) is 0.813. The molecule has 0 unspecified atom stereocenters. The van der Waals surface area contributed by atoms with Crippen molar-refractivity contribution < 1.29 is 9.59 Å². The normalized spacial score (nSPS) is 23.6. The van der Waals surface area contributed by atoms with Crippen molar-refractivity contribution in [2.45, 2.75) is 39.2 Å². The Morgan fingerprint density at radius 2 is 1.67 bits per heavy atom. The Morgan fingerprint density at radius 1 is 1.04 bits per heavy atom. The average molecular weight is 324 g/mol. The van der Waals surface area contributed by atoms with Gasteiger partial charge < -0.3 is 0 Å². The number of aromatic nitrogens is 3. The molecule has 6 heteroatoms. The molecule has 2 aromatic rings. The van der Waals surface area contributed by atoms with E-state index in [4.69, 9.17) is 0 Å². The van der Waals surface area contributed by atoms with Gasteiger partial charge in [-0.1, -0.05) is 42.7 Å².